The summed E-state index contributed by atoms with van der Waals surface area (Å²) in [4.78, 5) is 9.80. The van der Waals surface area contributed by atoms with Crippen molar-refractivity contribution in [3.63, 3.8) is 0 Å². The molecule has 0 fully saturated rings. The first kappa shape index (κ1) is 40.0. The Labute approximate surface area is 352 Å². The fourth-order valence-electron chi connectivity index (χ4n) is 8.10. The minimum atomic E-state index is -0.117. The average molecular weight is 781 g/mol. The molecule has 59 heavy (non-hydrogen) atoms. The predicted molar refractivity (Wildman–Crippen MR) is 250 cm³/mol. The Bertz CT molecular complexity index is 2710. The Kier molecular flexibility index (Phi) is 9.81. The van der Waals surface area contributed by atoms with E-state index in [-0.39, 0.29) is 21.7 Å². The first-order chi connectivity index (χ1) is 27.7. The summed E-state index contributed by atoms with van der Waals surface area (Å²) in [6.45, 7) is 28.1. The highest BCUT2D eigenvalue weighted by Gasteiger charge is 2.33. The number of aromatic nitrogens is 2. The summed E-state index contributed by atoms with van der Waals surface area (Å²) in [7, 11) is 0. The second-order valence-electron chi connectivity index (χ2n) is 20.4. The van der Waals surface area contributed by atoms with Gasteiger partial charge in [0, 0.05) is 57.8 Å². The van der Waals surface area contributed by atoms with Gasteiger partial charge in [0.1, 0.15) is 17.3 Å². The topological polar surface area (TPSA) is 33.5 Å². The van der Waals surface area contributed by atoms with Gasteiger partial charge in [-0.15, -0.1) is 0 Å². The number of anilines is 2. The lowest BCUT2D eigenvalue weighted by atomic mass is 9.85. The van der Waals surface area contributed by atoms with Gasteiger partial charge in [-0.05, 0) is 98.7 Å². The quantitative estimate of drug-likeness (QED) is 0.168. The molecule has 2 aromatic heterocycles. The molecule has 7 aromatic rings. The van der Waals surface area contributed by atoms with Gasteiger partial charge in [-0.3, -0.25) is 4.57 Å². The first-order valence-electron chi connectivity index (χ1n) is 21.1. The Morgan fingerprint density at radius 1 is 0.492 bits per heavy atom. The van der Waals surface area contributed by atoms with E-state index in [0.29, 0.717) is 6.67 Å². The number of benzene rings is 5. The van der Waals surface area contributed by atoms with Crippen molar-refractivity contribution < 1.29 is 4.74 Å². The van der Waals surface area contributed by atoms with Crippen LogP contribution in [0.5, 0.6) is 11.5 Å². The second kappa shape index (κ2) is 14.5. The molecule has 302 valence electrons. The Balaban J connectivity index is 1.21. The van der Waals surface area contributed by atoms with Crippen LogP contribution < -0.4 is 14.5 Å². The molecular formula is C54H60N4O. The molecule has 3 heterocycles. The van der Waals surface area contributed by atoms with Crippen LogP contribution in [0, 0.1) is 5.41 Å². The highest BCUT2D eigenvalue weighted by Crippen LogP contribution is 2.43. The molecule has 0 bridgehead atoms. The molecule has 5 aromatic carbocycles. The molecule has 0 unspecified atom stereocenters. The summed E-state index contributed by atoms with van der Waals surface area (Å²) in [5.74, 6) is 2.50. The van der Waals surface area contributed by atoms with Crippen LogP contribution in [0.25, 0.3) is 38.8 Å². The maximum Gasteiger partial charge on any atom is 0.137 e. The lowest BCUT2D eigenvalue weighted by Gasteiger charge is -2.32. The number of ether oxygens (including phenoxy) is 1. The molecule has 0 saturated carbocycles. The van der Waals surface area contributed by atoms with Gasteiger partial charge in [0.2, 0.25) is 0 Å². The van der Waals surface area contributed by atoms with E-state index < -0.39 is 0 Å². The van der Waals surface area contributed by atoms with Crippen LogP contribution in [0.4, 0.5) is 11.4 Å². The van der Waals surface area contributed by atoms with Crippen molar-refractivity contribution in [2.75, 3.05) is 16.5 Å². The van der Waals surface area contributed by atoms with Crippen LogP contribution >= 0.6 is 0 Å². The SMILES string of the molecule is CC(C)(C)C1=CN(c2cc(-c3ccccc3)cc(C(C)(C)C)c2)CN1c1cc(Oc2ccc3c4ccccc4n(-c4cc(C(C)(C)C)ccn4)c3c2)cc(C(C)(C)C)c1. The van der Waals surface area contributed by atoms with Crippen molar-refractivity contribution in [3.8, 4) is 28.4 Å². The van der Waals surface area contributed by atoms with Gasteiger partial charge in [0.15, 0.2) is 0 Å². The monoisotopic (exact) mass is 780 g/mol. The fraction of sp³-hybridized carbons (Fsp3) is 0.315. The number of rotatable bonds is 6. The minimum absolute atomic E-state index is 0.00349. The number of fused-ring (bicyclic) bond motifs is 3. The molecule has 5 nitrogen and oxygen atoms in total. The van der Waals surface area contributed by atoms with Gasteiger partial charge in [0.25, 0.3) is 0 Å². The van der Waals surface area contributed by atoms with E-state index in [2.05, 4.69) is 225 Å². The van der Waals surface area contributed by atoms with E-state index >= 15 is 0 Å². The van der Waals surface area contributed by atoms with Crippen LogP contribution in [0.15, 0.2) is 139 Å². The van der Waals surface area contributed by atoms with E-state index in [1.165, 1.54) is 50.0 Å². The number of pyridine rings is 1. The molecule has 1 aliphatic rings. The average Bonchev–Trinajstić information content (AvgIpc) is 3.78. The Morgan fingerprint density at radius 2 is 1.14 bits per heavy atom. The summed E-state index contributed by atoms with van der Waals surface area (Å²) >= 11 is 0. The molecule has 0 radical (unpaired) electrons. The third-order valence-electron chi connectivity index (χ3n) is 11.6. The summed E-state index contributed by atoms with van der Waals surface area (Å²) < 4.78 is 9.22. The third kappa shape index (κ3) is 8.00. The second-order valence-corrected chi connectivity index (χ2v) is 20.4. The zero-order valence-electron chi connectivity index (χ0n) is 37.1. The normalized spacial score (nSPS) is 14.1. The van der Waals surface area contributed by atoms with Gasteiger partial charge >= 0.3 is 0 Å². The number of hydrogen-bond acceptors (Lipinski definition) is 4. The Hall–Kier alpha value is -5.81. The molecular weight excluding hydrogens is 721 g/mol. The van der Waals surface area contributed by atoms with Crippen molar-refractivity contribution in [2.24, 2.45) is 5.41 Å². The van der Waals surface area contributed by atoms with Gasteiger partial charge in [-0.2, -0.15) is 0 Å². The molecule has 0 spiro atoms. The molecule has 1 aliphatic heterocycles. The molecule has 0 N–H and O–H groups in total. The zero-order valence-corrected chi connectivity index (χ0v) is 37.1. The van der Waals surface area contributed by atoms with Crippen molar-refractivity contribution in [1.29, 1.82) is 0 Å². The smallest absolute Gasteiger partial charge is 0.137 e. The lowest BCUT2D eigenvalue weighted by molar-refractivity contribution is 0.477. The molecule has 8 rings (SSSR count). The lowest BCUT2D eigenvalue weighted by Crippen LogP contribution is -2.31. The van der Waals surface area contributed by atoms with Crippen LogP contribution in [0.1, 0.15) is 99.8 Å². The van der Waals surface area contributed by atoms with Crippen LogP contribution in [0.2, 0.25) is 0 Å². The molecule has 0 aliphatic carbocycles. The van der Waals surface area contributed by atoms with Crippen LogP contribution in [0.3, 0.4) is 0 Å². The van der Waals surface area contributed by atoms with E-state index in [1.54, 1.807) is 0 Å². The van der Waals surface area contributed by atoms with Crippen LogP contribution in [-0.4, -0.2) is 16.2 Å². The highest BCUT2D eigenvalue weighted by atomic mass is 16.5. The highest BCUT2D eigenvalue weighted by molar-refractivity contribution is 6.09. The molecule has 0 saturated heterocycles. The van der Waals surface area contributed by atoms with Gasteiger partial charge in [-0.1, -0.05) is 138 Å². The van der Waals surface area contributed by atoms with Crippen molar-refractivity contribution in [1.82, 2.24) is 9.55 Å². The van der Waals surface area contributed by atoms with Gasteiger partial charge < -0.3 is 14.5 Å². The maximum absolute atomic E-state index is 6.94. The zero-order chi connectivity index (χ0) is 42.1. The largest absolute Gasteiger partial charge is 0.457 e. The molecule has 0 atom stereocenters. The molecule has 5 heteroatoms. The standard InChI is InChI=1S/C54H60N4O/c1-51(2,3)38-24-25-55-50(31-38)58-47-21-17-16-20-45(47)46-23-22-43(33-48(46)58)59-44-30-40(53(7,8)9)29-42(32-44)57-35-56(34-49(57)54(10,11)12)41-27-37(36-18-14-13-15-19-36)26-39(28-41)52(4,5)6/h13-34H,35H2,1-12H3. The number of nitrogens with zero attached hydrogens (tertiary/aromatic N) is 4. The predicted octanol–water partition coefficient (Wildman–Crippen LogP) is 14.7. The minimum Gasteiger partial charge on any atom is -0.457 e. The number of para-hydroxylation sites is 1. The maximum atomic E-state index is 6.94. The summed E-state index contributed by atoms with van der Waals surface area (Å²) in [5.41, 5.74) is 11.8. The fourth-order valence-corrected chi connectivity index (χ4v) is 8.10. The van der Waals surface area contributed by atoms with Gasteiger partial charge in [0.05, 0.1) is 17.7 Å². The van der Waals surface area contributed by atoms with Crippen molar-refractivity contribution in [2.45, 2.75) is 99.3 Å². The van der Waals surface area contributed by atoms with Crippen molar-refractivity contribution >= 4 is 33.2 Å². The summed E-state index contributed by atoms with van der Waals surface area (Å²) in [5, 5.41) is 2.36. The number of hydrogen-bond donors (Lipinski definition) is 0. The first-order valence-corrected chi connectivity index (χ1v) is 21.1. The summed E-state index contributed by atoms with van der Waals surface area (Å²) in [6.07, 6.45) is 4.29. The summed E-state index contributed by atoms with van der Waals surface area (Å²) in [6, 6.07) is 44.0. The molecule has 0 amide bonds. The van der Waals surface area contributed by atoms with E-state index in [0.717, 1.165) is 34.0 Å². The van der Waals surface area contributed by atoms with Gasteiger partial charge in [-0.25, -0.2) is 4.98 Å². The van der Waals surface area contributed by atoms with E-state index in [9.17, 15) is 0 Å². The van der Waals surface area contributed by atoms with Crippen molar-refractivity contribution in [3.05, 3.63) is 156 Å². The van der Waals surface area contributed by atoms with Crippen LogP contribution in [-0.2, 0) is 16.2 Å². The third-order valence-corrected chi connectivity index (χ3v) is 11.6. The Morgan fingerprint density at radius 3 is 1.83 bits per heavy atom. The van der Waals surface area contributed by atoms with E-state index in [4.69, 9.17) is 9.72 Å². The number of allylic oxidation sites excluding steroid dienone is 1. The van der Waals surface area contributed by atoms with E-state index in [1.807, 2.05) is 6.20 Å².